The van der Waals surface area contributed by atoms with E-state index in [1.807, 2.05) is 6.92 Å². The highest BCUT2D eigenvalue weighted by atomic mass is 19.1. The van der Waals surface area contributed by atoms with E-state index in [0.29, 0.717) is 19.6 Å². The topological polar surface area (TPSA) is 67.4 Å². The molecule has 1 aromatic carbocycles. The van der Waals surface area contributed by atoms with Gasteiger partial charge >= 0.3 is 0 Å². The Labute approximate surface area is 166 Å². The zero-order valence-electron chi connectivity index (χ0n) is 16.6. The third-order valence-corrected chi connectivity index (χ3v) is 4.79. The third kappa shape index (κ3) is 6.32. The molecule has 3 rings (SSSR count). The van der Waals surface area contributed by atoms with E-state index in [1.54, 1.807) is 0 Å². The van der Waals surface area contributed by atoms with Gasteiger partial charge in [0.25, 0.3) is 0 Å². The smallest absolute Gasteiger partial charge is 0.191 e. The first-order valence-corrected chi connectivity index (χ1v) is 10.1. The van der Waals surface area contributed by atoms with Crippen molar-refractivity contribution >= 4 is 5.96 Å². The molecule has 0 bridgehead atoms. The van der Waals surface area contributed by atoms with Gasteiger partial charge in [-0.05, 0) is 37.5 Å². The van der Waals surface area contributed by atoms with Gasteiger partial charge in [0.05, 0.1) is 19.8 Å². The molecule has 2 N–H and O–H groups in total. The van der Waals surface area contributed by atoms with E-state index in [1.165, 1.54) is 12.1 Å². The zero-order chi connectivity index (χ0) is 19.6. The molecule has 2 aliphatic heterocycles. The van der Waals surface area contributed by atoms with Crippen LogP contribution in [-0.2, 0) is 22.5 Å². The van der Waals surface area contributed by atoms with Crippen LogP contribution < -0.4 is 15.4 Å². The van der Waals surface area contributed by atoms with E-state index in [2.05, 4.69) is 20.5 Å². The van der Waals surface area contributed by atoms with Crippen LogP contribution in [-0.4, -0.2) is 70.1 Å². The molecule has 0 atom stereocenters. The fourth-order valence-electron chi connectivity index (χ4n) is 3.41. The minimum atomic E-state index is -0.258. The van der Waals surface area contributed by atoms with Crippen molar-refractivity contribution in [3.05, 3.63) is 29.1 Å². The summed E-state index contributed by atoms with van der Waals surface area (Å²) in [5, 5.41) is 6.59. The Morgan fingerprint density at radius 2 is 2.07 bits per heavy atom. The van der Waals surface area contributed by atoms with Crippen molar-refractivity contribution in [3.8, 4) is 5.75 Å². The summed E-state index contributed by atoms with van der Waals surface area (Å²) in [5.74, 6) is 1.28. The van der Waals surface area contributed by atoms with Crippen molar-refractivity contribution in [2.24, 2.45) is 4.99 Å². The summed E-state index contributed by atoms with van der Waals surface area (Å²) in [6, 6.07) is 3.02. The summed E-state index contributed by atoms with van der Waals surface area (Å²) in [6.45, 7) is 9.57. The molecule has 1 saturated heterocycles. The predicted molar refractivity (Wildman–Crippen MR) is 106 cm³/mol. The quantitative estimate of drug-likeness (QED) is 0.396. The van der Waals surface area contributed by atoms with Crippen molar-refractivity contribution in [2.45, 2.75) is 26.4 Å². The lowest BCUT2D eigenvalue weighted by Crippen LogP contribution is -2.39. The Hall–Kier alpha value is -1.90. The molecule has 0 spiro atoms. The lowest BCUT2D eigenvalue weighted by molar-refractivity contribution is -0.0172. The van der Waals surface area contributed by atoms with Crippen LogP contribution in [0.5, 0.6) is 5.75 Å². The van der Waals surface area contributed by atoms with Crippen molar-refractivity contribution in [1.29, 1.82) is 0 Å². The molecular formula is C20H31FN4O3. The fourth-order valence-corrected chi connectivity index (χ4v) is 3.41. The van der Waals surface area contributed by atoms with Gasteiger partial charge in [0.15, 0.2) is 12.8 Å². The number of hydrogen-bond donors (Lipinski definition) is 2. The summed E-state index contributed by atoms with van der Waals surface area (Å²) in [4.78, 5) is 7.06. The highest BCUT2D eigenvalue weighted by Gasteiger charge is 2.16. The van der Waals surface area contributed by atoms with Gasteiger partial charge in [0, 0.05) is 44.8 Å². The van der Waals surface area contributed by atoms with Crippen LogP contribution in [0, 0.1) is 5.82 Å². The lowest BCUT2D eigenvalue weighted by Gasteiger charge is -2.26. The minimum absolute atomic E-state index is 0.215. The first-order valence-electron chi connectivity index (χ1n) is 10.1. The van der Waals surface area contributed by atoms with Gasteiger partial charge in [0.2, 0.25) is 0 Å². The highest BCUT2D eigenvalue weighted by Crippen LogP contribution is 2.29. The summed E-state index contributed by atoms with van der Waals surface area (Å²) >= 11 is 0. The maximum atomic E-state index is 13.8. The molecule has 7 nitrogen and oxygen atoms in total. The molecular weight excluding hydrogens is 363 g/mol. The maximum absolute atomic E-state index is 13.8. The summed E-state index contributed by atoms with van der Waals surface area (Å²) in [7, 11) is 0. The minimum Gasteiger partial charge on any atom is -0.467 e. The number of rotatable bonds is 8. The van der Waals surface area contributed by atoms with Gasteiger partial charge in [-0.25, -0.2) is 4.39 Å². The Balaban J connectivity index is 1.46. The molecule has 2 heterocycles. The molecule has 28 heavy (non-hydrogen) atoms. The monoisotopic (exact) mass is 394 g/mol. The van der Waals surface area contributed by atoms with Crippen LogP contribution >= 0.6 is 0 Å². The van der Waals surface area contributed by atoms with Crippen LogP contribution in [0.3, 0.4) is 0 Å². The molecule has 0 aromatic heterocycles. The van der Waals surface area contributed by atoms with E-state index >= 15 is 0 Å². The standard InChI is InChI=1S/C20H31FN4O3/c1-2-22-20(23-5-3-7-25-8-10-26-11-9-25)24-6-4-16-12-18(21)13-17-14-27-15-28-19(16)17/h12-13H,2-11,14-15H2,1H3,(H2,22,23,24). The number of fused-ring (bicyclic) bond motifs is 1. The summed E-state index contributed by atoms with van der Waals surface area (Å²) in [6.07, 6.45) is 1.67. The van der Waals surface area contributed by atoms with Crippen molar-refractivity contribution in [3.63, 3.8) is 0 Å². The first-order chi connectivity index (χ1) is 13.8. The zero-order valence-corrected chi connectivity index (χ0v) is 16.6. The second-order valence-corrected chi connectivity index (χ2v) is 6.91. The van der Waals surface area contributed by atoms with Gasteiger partial charge in [-0.2, -0.15) is 0 Å². The van der Waals surface area contributed by atoms with Crippen molar-refractivity contribution in [2.75, 3.05) is 59.3 Å². The number of guanidine groups is 1. The number of aliphatic imine (C=N–C) groups is 1. The SMILES string of the molecule is CCNC(=NCCCN1CCOCC1)NCCc1cc(F)cc2c1OCOC2. The number of ether oxygens (including phenoxy) is 3. The number of nitrogens with one attached hydrogen (secondary N) is 2. The van der Waals surface area contributed by atoms with Crippen LogP contribution in [0.2, 0.25) is 0 Å². The van der Waals surface area contributed by atoms with Crippen LogP contribution in [0.25, 0.3) is 0 Å². The Bertz CT molecular complexity index is 651. The second-order valence-electron chi connectivity index (χ2n) is 6.91. The Morgan fingerprint density at radius 3 is 2.89 bits per heavy atom. The number of benzene rings is 1. The average molecular weight is 394 g/mol. The van der Waals surface area contributed by atoms with E-state index in [9.17, 15) is 4.39 Å². The molecule has 1 aromatic rings. The molecule has 0 radical (unpaired) electrons. The van der Waals surface area contributed by atoms with Crippen molar-refractivity contribution < 1.29 is 18.6 Å². The number of hydrogen-bond acceptors (Lipinski definition) is 5. The maximum Gasteiger partial charge on any atom is 0.191 e. The molecule has 8 heteroatoms. The summed E-state index contributed by atoms with van der Waals surface area (Å²) < 4.78 is 30.0. The van der Waals surface area contributed by atoms with E-state index in [0.717, 1.165) is 75.2 Å². The molecule has 0 unspecified atom stereocenters. The molecule has 0 saturated carbocycles. The van der Waals surface area contributed by atoms with E-state index < -0.39 is 0 Å². The summed E-state index contributed by atoms with van der Waals surface area (Å²) in [5.41, 5.74) is 1.62. The molecule has 1 fully saturated rings. The van der Waals surface area contributed by atoms with E-state index in [4.69, 9.17) is 14.2 Å². The molecule has 156 valence electrons. The van der Waals surface area contributed by atoms with Gasteiger partial charge in [-0.15, -0.1) is 0 Å². The van der Waals surface area contributed by atoms with Crippen LogP contribution in [0.4, 0.5) is 4.39 Å². The van der Waals surface area contributed by atoms with Crippen LogP contribution in [0.15, 0.2) is 17.1 Å². The van der Waals surface area contributed by atoms with Gasteiger partial charge in [0.1, 0.15) is 11.6 Å². The molecule has 2 aliphatic rings. The lowest BCUT2D eigenvalue weighted by atomic mass is 10.1. The predicted octanol–water partition coefficient (Wildman–Crippen LogP) is 1.51. The molecule has 0 amide bonds. The largest absolute Gasteiger partial charge is 0.467 e. The van der Waals surface area contributed by atoms with Gasteiger partial charge in [-0.1, -0.05) is 0 Å². The first kappa shape index (κ1) is 20.8. The number of nitrogens with zero attached hydrogens (tertiary/aromatic N) is 2. The highest BCUT2D eigenvalue weighted by molar-refractivity contribution is 5.79. The molecule has 0 aliphatic carbocycles. The third-order valence-electron chi connectivity index (χ3n) is 4.79. The average Bonchev–Trinajstić information content (AvgIpc) is 2.71. The Kier molecular flexibility index (Phi) is 8.32. The van der Waals surface area contributed by atoms with Crippen molar-refractivity contribution in [1.82, 2.24) is 15.5 Å². The number of halogens is 1. The van der Waals surface area contributed by atoms with Gasteiger partial charge in [-0.3, -0.25) is 9.89 Å². The second kappa shape index (κ2) is 11.2. The fraction of sp³-hybridized carbons (Fsp3) is 0.650. The normalized spacial score (nSPS) is 17.7. The Morgan fingerprint density at radius 1 is 1.21 bits per heavy atom. The number of morpholine rings is 1. The van der Waals surface area contributed by atoms with Gasteiger partial charge < -0.3 is 24.8 Å². The van der Waals surface area contributed by atoms with Crippen LogP contribution in [0.1, 0.15) is 24.5 Å². The van der Waals surface area contributed by atoms with E-state index in [-0.39, 0.29) is 12.6 Å².